The van der Waals surface area contributed by atoms with Crippen LogP contribution in [0.3, 0.4) is 0 Å². The molecule has 0 unspecified atom stereocenters. The lowest BCUT2D eigenvalue weighted by atomic mass is 10.0. The lowest BCUT2D eigenvalue weighted by Gasteiger charge is -2.15. The molecule has 0 spiro atoms. The highest BCUT2D eigenvalue weighted by atomic mass is 16.4. The minimum Gasteiger partial charge on any atom is -0.478 e. The van der Waals surface area contributed by atoms with Crippen LogP contribution in [0.5, 0.6) is 0 Å². The third-order valence-electron chi connectivity index (χ3n) is 3.30. The quantitative estimate of drug-likeness (QED) is 0.798. The molecule has 5 nitrogen and oxygen atoms in total. The lowest BCUT2D eigenvalue weighted by Crippen LogP contribution is -2.30. The van der Waals surface area contributed by atoms with Crippen LogP contribution in [0, 0.1) is 0 Å². The highest BCUT2D eigenvalue weighted by Crippen LogP contribution is 2.24. The van der Waals surface area contributed by atoms with Crippen molar-refractivity contribution < 1.29 is 9.90 Å². The van der Waals surface area contributed by atoms with Crippen molar-refractivity contribution in [3.05, 3.63) is 47.7 Å². The summed E-state index contributed by atoms with van der Waals surface area (Å²) in [5.41, 5.74) is 3.00. The first-order valence-corrected chi connectivity index (χ1v) is 6.55. The van der Waals surface area contributed by atoms with Crippen LogP contribution in [0.1, 0.15) is 22.3 Å². The average Bonchev–Trinajstić information content (AvgIpc) is 2.98. The summed E-state index contributed by atoms with van der Waals surface area (Å²) in [4.78, 5) is 18.7. The normalized spacial score (nSPS) is 14.5. The Morgan fingerprint density at radius 2 is 2.20 bits per heavy atom. The van der Waals surface area contributed by atoms with E-state index < -0.39 is 5.97 Å². The number of aromatic carboxylic acids is 1. The fourth-order valence-electron chi connectivity index (χ4n) is 2.33. The van der Waals surface area contributed by atoms with Gasteiger partial charge in [-0.1, -0.05) is 12.1 Å². The average molecular weight is 269 g/mol. The molecule has 0 amide bonds. The van der Waals surface area contributed by atoms with Crippen molar-refractivity contribution in [1.29, 1.82) is 0 Å². The molecule has 20 heavy (non-hydrogen) atoms. The summed E-state index contributed by atoms with van der Waals surface area (Å²) in [7, 11) is 0. The number of H-pyrrole nitrogens is 1. The standard InChI is InChI=1S/C15H15N3O2/c19-15(20)11-4-1-3-10(9-11)13-12(5-8-16-13)14-17-6-2-7-18-14/h1,3-5,8-9,16H,2,6-7H2,(H,17,18)(H,19,20). The molecule has 0 saturated heterocycles. The zero-order valence-electron chi connectivity index (χ0n) is 10.9. The third-order valence-corrected chi connectivity index (χ3v) is 3.30. The van der Waals surface area contributed by atoms with Crippen LogP contribution in [0.25, 0.3) is 11.3 Å². The van der Waals surface area contributed by atoms with Crippen LogP contribution in [0.4, 0.5) is 0 Å². The number of amidine groups is 1. The number of hydrogen-bond acceptors (Lipinski definition) is 3. The van der Waals surface area contributed by atoms with Crippen molar-refractivity contribution >= 4 is 11.8 Å². The predicted octanol–water partition coefficient (Wildman–Crippen LogP) is 2.12. The second-order valence-corrected chi connectivity index (χ2v) is 4.66. The van der Waals surface area contributed by atoms with Gasteiger partial charge in [0.25, 0.3) is 0 Å². The maximum absolute atomic E-state index is 11.1. The van der Waals surface area contributed by atoms with Gasteiger partial charge >= 0.3 is 5.97 Å². The molecule has 0 bridgehead atoms. The van der Waals surface area contributed by atoms with Gasteiger partial charge in [-0.2, -0.15) is 0 Å². The summed E-state index contributed by atoms with van der Waals surface area (Å²) in [5, 5.41) is 12.4. The first kappa shape index (κ1) is 12.5. The Morgan fingerprint density at radius 3 is 2.95 bits per heavy atom. The number of hydrogen-bond donors (Lipinski definition) is 3. The smallest absolute Gasteiger partial charge is 0.335 e. The van der Waals surface area contributed by atoms with E-state index in [1.54, 1.807) is 18.2 Å². The minimum absolute atomic E-state index is 0.279. The van der Waals surface area contributed by atoms with E-state index in [-0.39, 0.29) is 5.56 Å². The third kappa shape index (κ3) is 2.30. The van der Waals surface area contributed by atoms with Crippen LogP contribution in [-0.2, 0) is 0 Å². The Bertz CT molecular complexity index is 673. The van der Waals surface area contributed by atoms with Gasteiger partial charge in [-0.3, -0.25) is 4.99 Å². The van der Waals surface area contributed by atoms with E-state index in [0.29, 0.717) is 0 Å². The molecule has 2 aromatic rings. The van der Waals surface area contributed by atoms with E-state index in [9.17, 15) is 4.79 Å². The van der Waals surface area contributed by atoms with Crippen molar-refractivity contribution in [2.45, 2.75) is 6.42 Å². The summed E-state index contributed by atoms with van der Waals surface area (Å²) in [6.07, 6.45) is 2.88. The largest absolute Gasteiger partial charge is 0.478 e. The van der Waals surface area contributed by atoms with Gasteiger partial charge in [0.2, 0.25) is 0 Å². The van der Waals surface area contributed by atoms with E-state index in [1.807, 2.05) is 18.3 Å². The second-order valence-electron chi connectivity index (χ2n) is 4.66. The molecule has 0 atom stereocenters. The molecule has 0 fully saturated rings. The molecular formula is C15H15N3O2. The van der Waals surface area contributed by atoms with Gasteiger partial charge in [-0.25, -0.2) is 4.79 Å². The van der Waals surface area contributed by atoms with Gasteiger partial charge in [0.15, 0.2) is 0 Å². The predicted molar refractivity (Wildman–Crippen MR) is 77.2 cm³/mol. The lowest BCUT2D eigenvalue weighted by molar-refractivity contribution is 0.0697. The molecule has 1 aliphatic heterocycles. The molecule has 3 rings (SSSR count). The number of aliphatic imine (C=N–C) groups is 1. The van der Waals surface area contributed by atoms with Gasteiger partial charge < -0.3 is 15.4 Å². The van der Waals surface area contributed by atoms with Gasteiger partial charge in [-0.05, 0) is 30.2 Å². The molecule has 1 aliphatic rings. The van der Waals surface area contributed by atoms with Crippen molar-refractivity contribution in [3.63, 3.8) is 0 Å². The molecule has 0 saturated carbocycles. The molecule has 102 valence electrons. The Balaban J connectivity index is 2.03. The van der Waals surface area contributed by atoms with Crippen LogP contribution in [-0.4, -0.2) is 35.0 Å². The Hall–Kier alpha value is -2.56. The van der Waals surface area contributed by atoms with Gasteiger partial charge in [0.05, 0.1) is 11.3 Å². The number of carboxylic acid groups (broad SMARTS) is 1. The number of carbonyl (C=O) groups is 1. The van der Waals surface area contributed by atoms with Gasteiger partial charge in [0.1, 0.15) is 5.84 Å². The SMILES string of the molecule is O=C(O)c1cccc(-c2[nH]ccc2C2=NCCCN2)c1. The van der Waals surface area contributed by atoms with Gasteiger partial charge in [0, 0.05) is 24.8 Å². The Kier molecular flexibility index (Phi) is 3.25. The molecule has 1 aromatic carbocycles. The number of carboxylic acids is 1. The van der Waals surface area contributed by atoms with Crippen molar-refractivity contribution in [2.24, 2.45) is 4.99 Å². The molecule has 5 heteroatoms. The summed E-state index contributed by atoms with van der Waals surface area (Å²) in [6, 6.07) is 8.86. The van der Waals surface area contributed by atoms with E-state index in [2.05, 4.69) is 15.3 Å². The molecule has 1 aromatic heterocycles. The van der Waals surface area contributed by atoms with Crippen molar-refractivity contribution in [3.8, 4) is 11.3 Å². The number of aromatic nitrogens is 1. The number of nitrogens with zero attached hydrogens (tertiary/aromatic N) is 1. The van der Waals surface area contributed by atoms with Crippen LogP contribution in [0.2, 0.25) is 0 Å². The number of nitrogens with one attached hydrogen (secondary N) is 2. The van der Waals surface area contributed by atoms with E-state index in [1.165, 1.54) is 0 Å². The van der Waals surface area contributed by atoms with Crippen molar-refractivity contribution in [2.75, 3.05) is 13.1 Å². The van der Waals surface area contributed by atoms with Crippen LogP contribution >= 0.6 is 0 Å². The summed E-state index contributed by atoms with van der Waals surface area (Å²) >= 11 is 0. The highest BCUT2D eigenvalue weighted by Gasteiger charge is 2.15. The second kappa shape index (κ2) is 5.21. The fraction of sp³-hybridized carbons (Fsp3) is 0.200. The first-order valence-electron chi connectivity index (χ1n) is 6.55. The highest BCUT2D eigenvalue weighted by molar-refractivity contribution is 6.04. The molecule has 3 N–H and O–H groups in total. The van der Waals surface area contributed by atoms with E-state index in [4.69, 9.17) is 5.11 Å². The summed E-state index contributed by atoms with van der Waals surface area (Å²) in [5.74, 6) is -0.0543. The molecule has 0 aliphatic carbocycles. The van der Waals surface area contributed by atoms with Crippen LogP contribution < -0.4 is 5.32 Å². The number of benzene rings is 1. The topological polar surface area (TPSA) is 77.5 Å². The summed E-state index contributed by atoms with van der Waals surface area (Å²) < 4.78 is 0. The Labute approximate surface area is 116 Å². The monoisotopic (exact) mass is 269 g/mol. The maximum Gasteiger partial charge on any atom is 0.335 e. The summed E-state index contributed by atoms with van der Waals surface area (Å²) in [6.45, 7) is 1.74. The zero-order chi connectivity index (χ0) is 13.9. The molecule has 0 radical (unpaired) electrons. The van der Waals surface area contributed by atoms with E-state index >= 15 is 0 Å². The van der Waals surface area contributed by atoms with Crippen LogP contribution in [0.15, 0.2) is 41.5 Å². The first-order chi connectivity index (χ1) is 9.75. The van der Waals surface area contributed by atoms with Gasteiger partial charge in [-0.15, -0.1) is 0 Å². The number of aromatic amines is 1. The molecule has 2 heterocycles. The van der Waals surface area contributed by atoms with E-state index in [0.717, 1.165) is 42.2 Å². The number of rotatable bonds is 3. The Morgan fingerprint density at radius 1 is 1.30 bits per heavy atom. The fourth-order valence-corrected chi connectivity index (χ4v) is 2.33. The maximum atomic E-state index is 11.1. The minimum atomic E-state index is -0.923. The van der Waals surface area contributed by atoms with Crippen molar-refractivity contribution in [1.82, 2.24) is 10.3 Å². The zero-order valence-corrected chi connectivity index (χ0v) is 10.9. The molecular weight excluding hydrogens is 254 g/mol.